The van der Waals surface area contributed by atoms with Crippen LogP contribution >= 0.6 is 15.9 Å². The maximum absolute atomic E-state index is 14.1. The summed E-state index contributed by atoms with van der Waals surface area (Å²) < 4.78 is 14.8. The van der Waals surface area contributed by atoms with Crippen molar-refractivity contribution >= 4 is 15.9 Å². The Balaban J connectivity index is 2.26. The molecule has 1 aromatic heterocycles. The van der Waals surface area contributed by atoms with Crippen molar-refractivity contribution in [2.24, 2.45) is 0 Å². The first kappa shape index (κ1) is 16.1. The SMILES string of the molecule is CCCNC(Cc1ccc(Br)cc1F)c1cccnc1C. The lowest BCUT2D eigenvalue weighted by Gasteiger charge is -2.21. The third-order valence-electron chi connectivity index (χ3n) is 3.50. The number of hydrogen-bond donors (Lipinski definition) is 1. The van der Waals surface area contributed by atoms with Crippen LogP contribution in [0.5, 0.6) is 0 Å². The number of aromatic nitrogens is 1. The average Bonchev–Trinajstić information content (AvgIpc) is 2.46. The zero-order chi connectivity index (χ0) is 15.2. The molecule has 1 unspecified atom stereocenters. The number of rotatable bonds is 6. The van der Waals surface area contributed by atoms with Gasteiger partial charge in [0.15, 0.2) is 0 Å². The fourth-order valence-corrected chi connectivity index (χ4v) is 2.72. The van der Waals surface area contributed by atoms with Gasteiger partial charge in [-0.05, 0) is 55.6 Å². The summed E-state index contributed by atoms with van der Waals surface area (Å²) >= 11 is 3.30. The van der Waals surface area contributed by atoms with E-state index in [1.807, 2.05) is 25.1 Å². The molecule has 0 aliphatic rings. The van der Waals surface area contributed by atoms with E-state index in [9.17, 15) is 4.39 Å². The van der Waals surface area contributed by atoms with Crippen LogP contribution in [0.3, 0.4) is 0 Å². The zero-order valence-electron chi connectivity index (χ0n) is 12.4. The number of pyridine rings is 1. The molecule has 21 heavy (non-hydrogen) atoms. The van der Waals surface area contributed by atoms with Crippen LogP contribution in [0.15, 0.2) is 41.0 Å². The summed E-state index contributed by atoms with van der Waals surface area (Å²) in [6.45, 7) is 5.02. The summed E-state index contributed by atoms with van der Waals surface area (Å²) in [5, 5.41) is 3.50. The molecule has 0 fully saturated rings. The van der Waals surface area contributed by atoms with E-state index in [-0.39, 0.29) is 11.9 Å². The van der Waals surface area contributed by atoms with Gasteiger partial charge in [0.2, 0.25) is 0 Å². The minimum atomic E-state index is -0.172. The summed E-state index contributed by atoms with van der Waals surface area (Å²) in [4.78, 5) is 4.35. The molecule has 0 aliphatic carbocycles. The van der Waals surface area contributed by atoms with Gasteiger partial charge in [0.1, 0.15) is 5.82 Å². The van der Waals surface area contributed by atoms with Crippen LogP contribution in [0, 0.1) is 12.7 Å². The van der Waals surface area contributed by atoms with E-state index in [1.165, 1.54) is 6.07 Å². The van der Waals surface area contributed by atoms with E-state index in [0.29, 0.717) is 6.42 Å². The second-order valence-electron chi connectivity index (χ2n) is 5.12. The fraction of sp³-hybridized carbons (Fsp3) is 0.353. The standard InChI is InChI=1S/C17H20BrFN2/c1-3-8-21-17(15-5-4-9-20-12(15)2)10-13-6-7-14(18)11-16(13)19/h4-7,9,11,17,21H,3,8,10H2,1-2H3. The Kier molecular flexibility index (Phi) is 5.88. The van der Waals surface area contributed by atoms with Crippen LogP contribution in [0.1, 0.15) is 36.2 Å². The van der Waals surface area contributed by atoms with E-state index in [0.717, 1.165) is 34.3 Å². The van der Waals surface area contributed by atoms with Gasteiger partial charge < -0.3 is 5.32 Å². The van der Waals surface area contributed by atoms with Crippen molar-refractivity contribution in [2.45, 2.75) is 32.7 Å². The molecule has 0 radical (unpaired) electrons. The Bertz CT molecular complexity index is 601. The number of nitrogens with zero attached hydrogens (tertiary/aromatic N) is 1. The van der Waals surface area contributed by atoms with Gasteiger partial charge in [-0.1, -0.05) is 35.0 Å². The quantitative estimate of drug-likeness (QED) is 0.824. The van der Waals surface area contributed by atoms with Gasteiger partial charge in [-0.2, -0.15) is 0 Å². The Hall–Kier alpha value is -1.26. The molecule has 1 heterocycles. The predicted octanol–water partition coefficient (Wildman–Crippen LogP) is 4.58. The van der Waals surface area contributed by atoms with Crippen LogP contribution in [0.25, 0.3) is 0 Å². The zero-order valence-corrected chi connectivity index (χ0v) is 14.0. The molecule has 4 heteroatoms. The maximum Gasteiger partial charge on any atom is 0.127 e. The van der Waals surface area contributed by atoms with Gasteiger partial charge in [0.05, 0.1) is 0 Å². The average molecular weight is 351 g/mol. The summed E-state index contributed by atoms with van der Waals surface area (Å²) in [5.41, 5.74) is 2.84. The highest BCUT2D eigenvalue weighted by Crippen LogP contribution is 2.23. The summed E-state index contributed by atoms with van der Waals surface area (Å²) in [7, 11) is 0. The molecule has 0 bridgehead atoms. The minimum absolute atomic E-state index is 0.0781. The largest absolute Gasteiger partial charge is 0.310 e. The van der Waals surface area contributed by atoms with Gasteiger partial charge in [-0.15, -0.1) is 0 Å². The molecule has 0 saturated heterocycles. The highest BCUT2D eigenvalue weighted by molar-refractivity contribution is 9.10. The lowest BCUT2D eigenvalue weighted by molar-refractivity contribution is 0.509. The molecular formula is C17H20BrFN2. The van der Waals surface area contributed by atoms with Crippen LogP contribution in [-0.2, 0) is 6.42 Å². The Morgan fingerprint density at radius 2 is 2.14 bits per heavy atom. The first-order valence-electron chi connectivity index (χ1n) is 7.20. The van der Waals surface area contributed by atoms with E-state index in [4.69, 9.17) is 0 Å². The van der Waals surface area contributed by atoms with Crippen molar-refractivity contribution in [1.29, 1.82) is 0 Å². The topological polar surface area (TPSA) is 24.9 Å². The van der Waals surface area contributed by atoms with E-state index < -0.39 is 0 Å². The maximum atomic E-state index is 14.1. The highest BCUT2D eigenvalue weighted by Gasteiger charge is 2.16. The normalized spacial score (nSPS) is 12.4. The lowest BCUT2D eigenvalue weighted by Crippen LogP contribution is -2.25. The Labute approximate surface area is 133 Å². The molecule has 2 rings (SSSR count). The molecular weight excluding hydrogens is 331 g/mol. The van der Waals surface area contributed by atoms with Crippen molar-refractivity contribution in [3.8, 4) is 0 Å². The predicted molar refractivity (Wildman–Crippen MR) is 87.8 cm³/mol. The number of benzene rings is 1. The molecule has 0 amide bonds. The second-order valence-corrected chi connectivity index (χ2v) is 6.04. The van der Waals surface area contributed by atoms with E-state index >= 15 is 0 Å². The van der Waals surface area contributed by atoms with Gasteiger partial charge >= 0.3 is 0 Å². The third kappa shape index (κ3) is 4.35. The molecule has 2 aromatic rings. The van der Waals surface area contributed by atoms with Crippen LogP contribution in [0.2, 0.25) is 0 Å². The third-order valence-corrected chi connectivity index (χ3v) is 4.00. The second kappa shape index (κ2) is 7.66. The molecule has 0 aliphatic heterocycles. The molecule has 1 atom stereocenters. The van der Waals surface area contributed by atoms with Gasteiger partial charge in [0.25, 0.3) is 0 Å². The van der Waals surface area contributed by atoms with Gasteiger partial charge in [-0.25, -0.2) is 4.39 Å². The highest BCUT2D eigenvalue weighted by atomic mass is 79.9. The monoisotopic (exact) mass is 350 g/mol. The first-order chi connectivity index (χ1) is 10.1. The van der Waals surface area contributed by atoms with Crippen molar-refractivity contribution in [1.82, 2.24) is 10.3 Å². The molecule has 1 aromatic carbocycles. The summed E-state index contributed by atoms with van der Waals surface area (Å²) in [5.74, 6) is -0.172. The first-order valence-corrected chi connectivity index (χ1v) is 8.00. The molecule has 1 N–H and O–H groups in total. The van der Waals surface area contributed by atoms with Crippen LogP contribution < -0.4 is 5.32 Å². The fourth-order valence-electron chi connectivity index (χ4n) is 2.38. The summed E-state index contributed by atoms with van der Waals surface area (Å²) in [6, 6.07) is 9.31. The van der Waals surface area contributed by atoms with Crippen molar-refractivity contribution in [3.63, 3.8) is 0 Å². The molecule has 112 valence electrons. The number of halogens is 2. The molecule has 2 nitrogen and oxygen atoms in total. The smallest absolute Gasteiger partial charge is 0.127 e. The Morgan fingerprint density at radius 3 is 2.81 bits per heavy atom. The van der Waals surface area contributed by atoms with E-state index in [2.05, 4.69) is 39.2 Å². The van der Waals surface area contributed by atoms with Crippen molar-refractivity contribution in [3.05, 3.63) is 63.6 Å². The number of hydrogen-bond acceptors (Lipinski definition) is 2. The summed E-state index contributed by atoms with van der Waals surface area (Å²) in [6.07, 6.45) is 3.44. The molecule has 0 spiro atoms. The molecule has 0 saturated carbocycles. The van der Waals surface area contributed by atoms with E-state index in [1.54, 1.807) is 6.20 Å². The van der Waals surface area contributed by atoms with Crippen molar-refractivity contribution < 1.29 is 4.39 Å². The number of aryl methyl sites for hydroxylation is 1. The minimum Gasteiger partial charge on any atom is -0.310 e. The van der Waals surface area contributed by atoms with Gasteiger partial charge in [0, 0.05) is 22.4 Å². The van der Waals surface area contributed by atoms with Crippen LogP contribution in [0.4, 0.5) is 4.39 Å². The number of nitrogens with one attached hydrogen (secondary N) is 1. The van der Waals surface area contributed by atoms with Gasteiger partial charge in [-0.3, -0.25) is 4.98 Å². The van der Waals surface area contributed by atoms with Crippen LogP contribution in [-0.4, -0.2) is 11.5 Å². The van der Waals surface area contributed by atoms with Crippen molar-refractivity contribution in [2.75, 3.05) is 6.54 Å². The lowest BCUT2D eigenvalue weighted by atomic mass is 9.97. The Morgan fingerprint density at radius 1 is 1.33 bits per heavy atom.